The van der Waals surface area contributed by atoms with Gasteiger partial charge in [0.15, 0.2) is 12.6 Å². The molecule has 3 aliphatic rings. The van der Waals surface area contributed by atoms with E-state index < -0.39 is 0 Å². The second-order valence-corrected chi connectivity index (χ2v) is 9.92. The fourth-order valence-corrected chi connectivity index (χ4v) is 5.34. The van der Waals surface area contributed by atoms with Crippen molar-refractivity contribution >= 4 is 35.1 Å². The molecule has 0 fully saturated rings. The van der Waals surface area contributed by atoms with Gasteiger partial charge in [-0.15, -0.1) is 0 Å². The van der Waals surface area contributed by atoms with Gasteiger partial charge in [-0.2, -0.15) is 0 Å². The highest BCUT2D eigenvalue weighted by molar-refractivity contribution is 6.31. The molecule has 8 heteroatoms. The summed E-state index contributed by atoms with van der Waals surface area (Å²) in [5, 5.41) is 1.29. The van der Waals surface area contributed by atoms with Gasteiger partial charge in [0.1, 0.15) is 24.0 Å². The van der Waals surface area contributed by atoms with E-state index in [-0.39, 0.29) is 18.3 Å². The van der Waals surface area contributed by atoms with Gasteiger partial charge in [-0.05, 0) is 54.8 Å². The predicted molar refractivity (Wildman–Crippen MR) is 137 cm³/mol. The van der Waals surface area contributed by atoms with Gasteiger partial charge in [0, 0.05) is 34.3 Å². The number of aryl methyl sites for hydroxylation is 1. The summed E-state index contributed by atoms with van der Waals surface area (Å²) in [6, 6.07) is 13.3. The zero-order valence-electron chi connectivity index (χ0n) is 19.6. The van der Waals surface area contributed by atoms with E-state index in [1.54, 1.807) is 18.2 Å². The summed E-state index contributed by atoms with van der Waals surface area (Å²) in [7, 11) is 0. The minimum atomic E-state index is -0.167. The Labute approximate surface area is 218 Å². The lowest BCUT2D eigenvalue weighted by Gasteiger charge is -2.30. The van der Waals surface area contributed by atoms with Crippen LogP contribution in [0.1, 0.15) is 38.2 Å². The summed E-state index contributed by atoms with van der Waals surface area (Å²) in [4.78, 5) is 15.6. The number of rotatable bonds is 4. The fraction of sp³-hybridized carbons (Fsp3) is 0.250. The summed E-state index contributed by atoms with van der Waals surface area (Å²) in [6.07, 6.45) is 2.49. The van der Waals surface area contributed by atoms with E-state index in [0.717, 1.165) is 46.0 Å². The average molecular weight is 524 g/mol. The van der Waals surface area contributed by atoms with Crippen LogP contribution in [0.5, 0.6) is 17.2 Å². The van der Waals surface area contributed by atoms with Crippen molar-refractivity contribution in [2.45, 2.75) is 26.5 Å². The number of fused-ring (bicyclic) bond motifs is 4. The van der Waals surface area contributed by atoms with Crippen molar-refractivity contribution in [1.82, 2.24) is 4.90 Å². The number of halogens is 2. The molecule has 0 unspecified atom stereocenters. The van der Waals surface area contributed by atoms with Gasteiger partial charge in [-0.1, -0.05) is 41.4 Å². The molecule has 184 valence electrons. The number of hydrogen-bond acceptors (Lipinski definition) is 6. The molecule has 0 N–H and O–H groups in total. The first kappa shape index (κ1) is 23.4. The lowest BCUT2D eigenvalue weighted by molar-refractivity contribution is -0.0165. The maximum atomic E-state index is 13.4. The van der Waals surface area contributed by atoms with Crippen LogP contribution in [0.4, 0.5) is 0 Å². The van der Waals surface area contributed by atoms with Crippen molar-refractivity contribution in [3.63, 3.8) is 0 Å². The second kappa shape index (κ2) is 9.45. The Balaban J connectivity index is 1.29. The molecule has 0 aliphatic carbocycles. The highest BCUT2D eigenvalue weighted by Crippen LogP contribution is 2.44. The van der Waals surface area contributed by atoms with Crippen LogP contribution in [0.3, 0.4) is 0 Å². The Morgan fingerprint density at radius 2 is 1.94 bits per heavy atom. The smallest absolute Gasteiger partial charge is 0.232 e. The molecule has 3 heterocycles. The maximum absolute atomic E-state index is 13.4. The van der Waals surface area contributed by atoms with E-state index >= 15 is 0 Å². The number of ether oxygens (including phenoxy) is 4. The highest BCUT2D eigenvalue weighted by Gasteiger charge is 2.35. The quantitative estimate of drug-likeness (QED) is 0.380. The molecule has 6 nitrogen and oxygen atoms in total. The van der Waals surface area contributed by atoms with Gasteiger partial charge in [0.2, 0.25) is 5.78 Å². The summed E-state index contributed by atoms with van der Waals surface area (Å²) < 4.78 is 23.4. The molecule has 0 aromatic heterocycles. The molecule has 36 heavy (non-hydrogen) atoms. The Bertz CT molecular complexity index is 1420. The minimum absolute atomic E-state index is 0.147. The topological polar surface area (TPSA) is 57.2 Å². The molecule has 0 saturated heterocycles. The van der Waals surface area contributed by atoms with E-state index in [0.29, 0.717) is 47.5 Å². The van der Waals surface area contributed by atoms with Crippen molar-refractivity contribution in [2.24, 2.45) is 0 Å². The third-order valence-corrected chi connectivity index (χ3v) is 7.22. The molecular formula is C28H23Cl2NO5. The lowest BCUT2D eigenvalue weighted by Crippen LogP contribution is -2.34. The van der Waals surface area contributed by atoms with Crippen molar-refractivity contribution in [2.75, 3.05) is 20.1 Å². The number of hydrogen-bond donors (Lipinski definition) is 0. The van der Waals surface area contributed by atoms with Gasteiger partial charge in [-0.3, -0.25) is 9.69 Å². The minimum Gasteiger partial charge on any atom is -0.478 e. The number of nitrogens with zero attached hydrogens (tertiary/aromatic N) is 1. The van der Waals surface area contributed by atoms with Crippen LogP contribution >= 0.6 is 23.2 Å². The maximum Gasteiger partial charge on any atom is 0.232 e. The molecule has 0 amide bonds. The van der Waals surface area contributed by atoms with Gasteiger partial charge >= 0.3 is 0 Å². The van der Waals surface area contributed by atoms with Crippen molar-refractivity contribution < 1.29 is 23.7 Å². The van der Waals surface area contributed by atoms with E-state index in [1.165, 1.54) is 0 Å². The fourth-order valence-electron chi connectivity index (χ4n) is 4.86. The molecule has 0 bridgehead atoms. The van der Waals surface area contributed by atoms with Crippen LogP contribution in [-0.2, 0) is 24.3 Å². The van der Waals surface area contributed by atoms with Crippen molar-refractivity contribution in [1.29, 1.82) is 0 Å². The van der Waals surface area contributed by atoms with Gasteiger partial charge in [-0.25, -0.2) is 0 Å². The standard InChI is InChI=1S/C28H23Cl2NO5/c1-16-8-23-21(12-31(14-34-23)7-6-17-4-2-3-5-22(17)30)28-25(16)26(32)24(36-28)11-18-9-20(29)10-19-13-33-15-35-27(18)19/h2-5,8-11H,6-7,12-15H2,1H3/b24-11-. The molecule has 0 spiro atoms. The van der Waals surface area contributed by atoms with Crippen LogP contribution in [-0.4, -0.2) is 30.8 Å². The van der Waals surface area contributed by atoms with Crippen molar-refractivity contribution in [3.05, 3.63) is 91.6 Å². The van der Waals surface area contributed by atoms with Gasteiger partial charge in [0.05, 0.1) is 17.7 Å². The van der Waals surface area contributed by atoms with Gasteiger partial charge < -0.3 is 18.9 Å². The van der Waals surface area contributed by atoms with Gasteiger partial charge in [0.25, 0.3) is 0 Å². The average Bonchev–Trinajstić information content (AvgIpc) is 3.20. The molecule has 6 rings (SSSR count). The van der Waals surface area contributed by atoms with E-state index in [4.69, 9.17) is 42.1 Å². The van der Waals surface area contributed by atoms with Crippen LogP contribution in [0, 0.1) is 6.92 Å². The number of Topliss-reactive ketones (excluding diaryl/α,β-unsaturated/α-hetero) is 1. The molecule has 3 aromatic rings. The third kappa shape index (κ3) is 4.24. The normalized spacial score (nSPS) is 17.6. The van der Waals surface area contributed by atoms with Crippen LogP contribution in [0.15, 0.2) is 48.2 Å². The summed E-state index contributed by atoms with van der Waals surface area (Å²) >= 11 is 12.6. The number of carbonyl (C=O) groups excluding carboxylic acids is 1. The van der Waals surface area contributed by atoms with Crippen LogP contribution in [0.25, 0.3) is 6.08 Å². The Morgan fingerprint density at radius 1 is 1.08 bits per heavy atom. The molecule has 3 aromatic carbocycles. The zero-order chi connectivity index (χ0) is 24.8. The van der Waals surface area contributed by atoms with Crippen molar-refractivity contribution in [3.8, 4) is 17.2 Å². The Hall–Kier alpha value is -3.03. The number of ketones is 1. The van der Waals surface area contributed by atoms with Crippen LogP contribution in [0.2, 0.25) is 10.0 Å². The van der Waals surface area contributed by atoms with Crippen LogP contribution < -0.4 is 14.2 Å². The van der Waals surface area contributed by atoms with E-state index in [1.807, 2.05) is 37.3 Å². The Morgan fingerprint density at radius 3 is 2.81 bits per heavy atom. The zero-order valence-corrected chi connectivity index (χ0v) is 21.1. The van der Waals surface area contributed by atoms with E-state index in [2.05, 4.69) is 4.90 Å². The first-order valence-corrected chi connectivity index (χ1v) is 12.5. The lowest BCUT2D eigenvalue weighted by atomic mass is 9.98. The molecule has 3 aliphatic heterocycles. The Kier molecular flexibility index (Phi) is 6.13. The summed E-state index contributed by atoms with van der Waals surface area (Å²) in [6.45, 7) is 4.27. The molecule has 0 radical (unpaired) electrons. The number of allylic oxidation sites excluding steroid dienone is 1. The highest BCUT2D eigenvalue weighted by atomic mass is 35.5. The number of benzene rings is 3. The first-order chi connectivity index (χ1) is 17.5. The number of carbonyl (C=O) groups is 1. The third-order valence-electron chi connectivity index (χ3n) is 6.63. The predicted octanol–water partition coefficient (Wildman–Crippen LogP) is 6.18. The van der Waals surface area contributed by atoms with E-state index in [9.17, 15) is 4.79 Å². The molecule has 0 atom stereocenters. The summed E-state index contributed by atoms with van der Waals surface area (Å²) in [5.41, 5.74) is 4.86. The second-order valence-electron chi connectivity index (χ2n) is 9.08. The molecule has 0 saturated carbocycles. The summed E-state index contributed by atoms with van der Waals surface area (Å²) in [5.74, 6) is 2.02. The monoisotopic (exact) mass is 523 g/mol. The SMILES string of the molecule is Cc1cc2c(c3c1C(=O)/C(=C/c1cc(Cl)cc4c1OCOC4)O3)CN(CCc1ccccc1Cl)CO2. The molecular weight excluding hydrogens is 501 g/mol. The largest absolute Gasteiger partial charge is 0.478 e. The first-order valence-electron chi connectivity index (χ1n) is 11.7.